The fraction of sp³-hybridized carbons (Fsp3) is 0.583. The summed E-state index contributed by atoms with van der Waals surface area (Å²) in [6, 6.07) is 0. The molecule has 0 N–H and O–H groups in total. The molecular formula is C12H17N3. The lowest BCUT2D eigenvalue weighted by atomic mass is 9.75. The Balaban J connectivity index is 2.47. The average molecular weight is 203 g/mol. The van der Waals surface area contributed by atoms with Crippen molar-refractivity contribution in [3.63, 3.8) is 0 Å². The van der Waals surface area contributed by atoms with E-state index < -0.39 is 0 Å². The van der Waals surface area contributed by atoms with Gasteiger partial charge in [0, 0.05) is 18.8 Å². The van der Waals surface area contributed by atoms with Gasteiger partial charge in [-0.2, -0.15) is 0 Å². The van der Waals surface area contributed by atoms with E-state index in [1.807, 2.05) is 12.4 Å². The van der Waals surface area contributed by atoms with Crippen LogP contribution in [0.2, 0.25) is 0 Å². The van der Waals surface area contributed by atoms with E-state index in [9.17, 15) is 0 Å². The summed E-state index contributed by atoms with van der Waals surface area (Å²) in [5.41, 5.74) is 0.827. The van der Waals surface area contributed by atoms with Crippen LogP contribution in [0.1, 0.15) is 34.1 Å². The number of amidine groups is 1. The molecule has 0 aromatic heterocycles. The molecule has 0 aromatic rings. The van der Waals surface area contributed by atoms with Gasteiger partial charge in [0.05, 0.1) is 11.3 Å². The van der Waals surface area contributed by atoms with E-state index >= 15 is 0 Å². The smallest absolute Gasteiger partial charge is 0.170 e. The first-order valence-corrected chi connectivity index (χ1v) is 5.29. The Labute approximate surface area is 90.7 Å². The molecule has 0 radical (unpaired) electrons. The fourth-order valence-electron chi connectivity index (χ4n) is 1.54. The zero-order valence-corrected chi connectivity index (χ0v) is 9.78. The molecule has 0 aromatic carbocycles. The molecule has 2 aliphatic heterocycles. The monoisotopic (exact) mass is 203 g/mol. The van der Waals surface area contributed by atoms with Crippen LogP contribution in [-0.4, -0.2) is 23.3 Å². The lowest BCUT2D eigenvalue weighted by Crippen LogP contribution is -2.36. The molecule has 0 saturated carbocycles. The van der Waals surface area contributed by atoms with Crippen LogP contribution < -0.4 is 0 Å². The number of aliphatic imine (C=N–C) groups is 3. The van der Waals surface area contributed by atoms with Crippen LogP contribution in [0.5, 0.6) is 0 Å². The first kappa shape index (κ1) is 10.3. The molecule has 0 spiro atoms. The molecule has 0 saturated heterocycles. The molecule has 80 valence electrons. The summed E-state index contributed by atoms with van der Waals surface area (Å²) >= 11 is 0. The summed E-state index contributed by atoms with van der Waals surface area (Å²) in [6.07, 6.45) is 6.62. The topological polar surface area (TPSA) is 37.1 Å². The average Bonchev–Trinajstić information content (AvgIpc) is 2.45. The maximum Gasteiger partial charge on any atom is 0.170 e. The van der Waals surface area contributed by atoms with Crippen molar-refractivity contribution in [1.82, 2.24) is 0 Å². The molecule has 2 heterocycles. The molecular weight excluding hydrogens is 186 g/mol. The second-order valence-corrected chi connectivity index (χ2v) is 5.24. The lowest BCUT2D eigenvalue weighted by Gasteiger charge is -2.35. The predicted molar refractivity (Wildman–Crippen MR) is 65.0 cm³/mol. The molecule has 0 amide bonds. The summed E-state index contributed by atoms with van der Waals surface area (Å²) < 4.78 is 0. The van der Waals surface area contributed by atoms with Crippen molar-refractivity contribution in [2.75, 3.05) is 0 Å². The van der Waals surface area contributed by atoms with Crippen molar-refractivity contribution in [2.24, 2.45) is 20.4 Å². The highest BCUT2D eigenvalue weighted by molar-refractivity contribution is 6.48. The van der Waals surface area contributed by atoms with Crippen molar-refractivity contribution in [3.8, 4) is 0 Å². The standard InChI is InChI=1S/C12H17N3/c1-11(2,3)12(4)6-8-13-9-5-7-14-10(9)15-12/h6-8H,5H2,1-4H3. The second-order valence-electron chi connectivity index (χ2n) is 5.24. The molecule has 0 bridgehead atoms. The van der Waals surface area contributed by atoms with Crippen LogP contribution in [0.4, 0.5) is 0 Å². The minimum atomic E-state index is -0.227. The summed E-state index contributed by atoms with van der Waals surface area (Å²) in [6.45, 7) is 8.68. The van der Waals surface area contributed by atoms with Crippen molar-refractivity contribution in [2.45, 2.75) is 39.7 Å². The highest BCUT2D eigenvalue weighted by Gasteiger charge is 2.37. The normalized spacial score (nSPS) is 29.6. The fourth-order valence-corrected chi connectivity index (χ4v) is 1.54. The van der Waals surface area contributed by atoms with Gasteiger partial charge in [-0.25, -0.2) is 4.99 Å². The molecule has 0 fully saturated rings. The Morgan fingerprint density at radius 2 is 2.07 bits per heavy atom. The van der Waals surface area contributed by atoms with Crippen LogP contribution in [0, 0.1) is 5.41 Å². The Bertz CT molecular complexity index is 394. The minimum Gasteiger partial charge on any atom is -0.257 e. The van der Waals surface area contributed by atoms with Gasteiger partial charge in [0.25, 0.3) is 0 Å². The Hall–Kier alpha value is -1.25. The Morgan fingerprint density at radius 3 is 2.73 bits per heavy atom. The van der Waals surface area contributed by atoms with Gasteiger partial charge < -0.3 is 0 Å². The number of hydrogen-bond acceptors (Lipinski definition) is 3. The summed E-state index contributed by atoms with van der Waals surface area (Å²) in [5.74, 6) is 0.803. The number of fused-ring (bicyclic) bond motifs is 1. The van der Waals surface area contributed by atoms with Crippen LogP contribution in [0.25, 0.3) is 0 Å². The van der Waals surface area contributed by atoms with Gasteiger partial charge in [-0.15, -0.1) is 0 Å². The predicted octanol–water partition coefficient (Wildman–Crippen LogP) is 2.63. The van der Waals surface area contributed by atoms with Crippen LogP contribution >= 0.6 is 0 Å². The largest absolute Gasteiger partial charge is 0.257 e. The third kappa shape index (κ3) is 1.66. The van der Waals surface area contributed by atoms with Gasteiger partial charge >= 0.3 is 0 Å². The van der Waals surface area contributed by atoms with Crippen molar-refractivity contribution >= 4 is 17.8 Å². The van der Waals surface area contributed by atoms with Crippen molar-refractivity contribution < 1.29 is 0 Å². The van der Waals surface area contributed by atoms with Gasteiger partial charge in [0.15, 0.2) is 5.84 Å². The van der Waals surface area contributed by atoms with Crippen LogP contribution in [0.3, 0.4) is 0 Å². The summed E-state index contributed by atoms with van der Waals surface area (Å²) in [5, 5.41) is 0. The second kappa shape index (κ2) is 3.12. The van der Waals surface area contributed by atoms with Crippen molar-refractivity contribution in [3.05, 3.63) is 12.3 Å². The molecule has 1 atom stereocenters. The van der Waals surface area contributed by atoms with Crippen LogP contribution in [0.15, 0.2) is 27.3 Å². The third-order valence-electron chi connectivity index (χ3n) is 3.24. The van der Waals surface area contributed by atoms with Crippen LogP contribution in [-0.2, 0) is 0 Å². The molecule has 15 heavy (non-hydrogen) atoms. The van der Waals surface area contributed by atoms with Gasteiger partial charge in [0.2, 0.25) is 0 Å². The molecule has 3 heteroatoms. The van der Waals surface area contributed by atoms with Gasteiger partial charge in [-0.1, -0.05) is 20.8 Å². The first-order chi connectivity index (χ1) is 6.92. The quantitative estimate of drug-likeness (QED) is 0.580. The van der Waals surface area contributed by atoms with E-state index in [-0.39, 0.29) is 11.0 Å². The van der Waals surface area contributed by atoms with E-state index in [2.05, 4.69) is 43.8 Å². The number of hydrogen-bond donors (Lipinski definition) is 0. The Morgan fingerprint density at radius 1 is 1.33 bits per heavy atom. The minimum absolute atomic E-state index is 0.0690. The number of rotatable bonds is 0. The first-order valence-electron chi connectivity index (χ1n) is 5.29. The highest BCUT2D eigenvalue weighted by atomic mass is 15.0. The lowest BCUT2D eigenvalue weighted by molar-refractivity contribution is 0.265. The summed E-state index contributed by atoms with van der Waals surface area (Å²) in [7, 11) is 0. The zero-order valence-electron chi connectivity index (χ0n) is 9.78. The van der Waals surface area contributed by atoms with E-state index in [1.165, 1.54) is 0 Å². The Kier molecular flexibility index (Phi) is 2.14. The molecule has 2 aliphatic rings. The third-order valence-corrected chi connectivity index (χ3v) is 3.24. The molecule has 0 aliphatic carbocycles. The van der Waals surface area contributed by atoms with E-state index in [0.717, 1.165) is 18.0 Å². The van der Waals surface area contributed by atoms with E-state index in [1.54, 1.807) is 0 Å². The SMILES string of the molecule is CC(C)(C)C1(C)C=CN=C2CC=NC2=N1. The molecule has 2 rings (SSSR count). The van der Waals surface area contributed by atoms with Gasteiger partial charge in [-0.05, 0) is 18.4 Å². The molecule has 3 nitrogen and oxygen atoms in total. The zero-order chi connectivity index (χ0) is 11.1. The maximum atomic E-state index is 4.74. The summed E-state index contributed by atoms with van der Waals surface area (Å²) in [4.78, 5) is 13.4. The maximum absolute atomic E-state index is 4.74. The van der Waals surface area contributed by atoms with E-state index in [4.69, 9.17) is 4.99 Å². The van der Waals surface area contributed by atoms with Gasteiger partial charge in [0.1, 0.15) is 0 Å². The number of nitrogens with zero attached hydrogens (tertiary/aromatic N) is 3. The molecule has 1 unspecified atom stereocenters. The van der Waals surface area contributed by atoms with Gasteiger partial charge in [-0.3, -0.25) is 9.98 Å². The highest BCUT2D eigenvalue weighted by Crippen LogP contribution is 2.36. The van der Waals surface area contributed by atoms with E-state index in [0.29, 0.717) is 0 Å². The van der Waals surface area contributed by atoms with Crippen molar-refractivity contribution in [1.29, 1.82) is 0 Å².